The van der Waals surface area contributed by atoms with Crippen LogP contribution in [0.4, 0.5) is 0 Å². The lowest BCUT2D eigenvalue weighted by Crippen LogP contribution is -2.26. The first kappa shape index (κ1) is 21.3. The molecule has 2 N–H and O–H groups in total. The number of carbonyl (C=O) groups excluding carboxylic acids is 2. The number of amidine groups is 1. The molecule has 3 aromatic carbocycles. The first-order valence-electron chi connectivity index (χ1n) is 9.60. The average Bonchev–Trinajstić information content (AvgIpc) is 3.12. The minimum absolute atomic E-state index is 0.248. The van der Waals surface area contributed by atoms with Gasteiger partial charge in [0.2, 0.25) is 5.91 Å². The second-order valence-corrected chi connectivity index (χ2v) is 8.02. The quantitative estimate of drug-likeness (QED) is 0.259. The molecule has 1 heterocycles. The molecular formula is C23H17N3O5S. The van der Waals surface area contributed by atoms with E-state index < -0.39 is 23.1 Å². The maximum atomic E-state index is 12.6. The standard InChI is InChI=1S/C23H17N3O5S/c27-20(28)12-19-21(29)25-23(32-19)26-24-13-14-8-10-16(11-9-14)31-22(30)18-7-3-5-15-4-1-2-6-17(15)18/h1-11,13,19H,12H2,(H,27,28)(H,25,26,29)/b24-13-/t19-/m0/s1. The van der Waals surface area contributed by atoms with E-state index in [-0.39, 0.29) is 11.6 Å². The van der Waals surface area contributed by atoms with Crippen molar-refractivity contribution in [2.24, 2.45) is 10.2 Å². The van der Waals surface area contributed by atoms with Crippen molar-refractivity contribution >= 4 is 51.8 Å². The highest BCUT2D eigenvalue weighted by Crippen LogP contribution is 2.23. The molecule has 1 aliphatic heterocycles. The number of ether oxygens (including phenoxy) is 1. The van der Waals surface area contributed by atoms with Gasteiger partial charge in [-0.15, -0.1) is 5.10 Å². The van der Waals surface area contributed by atoms with Crippen LogP contribution >= 0.6 is 11.8 Å². The van der Waals surface area contributed by atoms with Gasteiger partial charge in [0.05, 0.1) is 18.2 Å². The minimum Gasteiger partial charge on any atom is -0.481 e. The van der Waals surface area contributed by atoms with Gasteiger partial charge < -0.3 is 15.2 Å². The molecule has 1 aliphatic rings. The molecule has 0 spiro atoms. The number of aliphatic carboxylic acids is 1. The van der Waals surface area contributed by atoms with E-state index >= 15 is 0 Å². The Morgan fingerprint density at radius 1 is 1.06 bits per heavy atom. The number of thioether (sulfide) groups is 1. The highest BCUT2D eigenvalue weighted by Gasteiger charge is 2.32. The van der Waals surface area contributed by atoms with Gasteiger partial charge in [-0.1, -0.05) is 48.2 Å². The number of amides is 1. The Morgan fingerprint density at radius 2 is 1.81 bits per heavy atom. The van der Waals surface area contributed by atoms with Crippen molar-refractivity contribution in [3.05, 3.63) is 77.9 Å². The van der Waals surface area contributed by atoms with Crippen molar-refractivity contribution in [3.8, 4) is 5.75 Å². The summed E-state index contributed by atoms with van der Waals surface area (Å²) in [6, 6.07) is 19.8. The van der Waals surface area contributed by atoms with Crippen LogP contribution in [0.1, 0.15) is 22.3 Å². The zero-order valence-corrected chi connectivity index (χ0v) is 17.4. The van der Waals surface area contributed by atoms with Crippen LogP contribution in [0, 0.1) is 0 Å². The Bertz CT molecular complexity index is 1250. The number of carbonyl (C=O) groups is 3. The van der Waals surface area contributed by atoms with Gasteiger partial charge in [-0.2, -0.15) is 5.10 Å². The second-order valence-electron chi connectivity index (χ2n) is 6.83. The van der Waals surface area contributed by atoms with E-state index in [1.807, 2.05) is 36.4 Å². The Morgan fingerprint density at radius 3 is 2.59 bits per heavy atom. The lowest BCUT2D eigenvalue weighted by molar-refractivity contribution is -0.138. The molecule has 0 aromatic heterocycles. The van der Waals surface area contributed by atoms with Crippen LogP contribution in [0.2, 0.25) is 0 Å². The maximum Gasteiger partial charge on any atom is 0.344 e. The van der Waals surface area contributed by atoms with Gasteiger partial charge in [-0.05, 0) is 46.7 Å². The first-order valence-corrected chi connectivity index (χ1v) is 10.5. The molecule has 0 aliphatic carbocycles. The lowest BCUT2D eigenvalue weighted by Gasteiger charge is -2.07. The van der Waals surface area contributed by atoms with E-state index in [0.717, 1.165) is 22.5 Å². The number of rotatable bonds is 6. The van der Waals surface area contributed by atoms with Crippen LogP contribution in [-0.2, 0) is 9.59 Å². The third kappa shape index (κ3) is 5.01. The number of hydrogen-bond donors (Lipinski definition) is 2. The summed E-state index contributed by atoms with van der Waals surface area (Å²) in [6.07, 6.45) is 1.19. The Balaban J connectivity index is 1.39. The molecule has 9 heteroatoms. The Labute approximate surface area is 187 Å². The molecular weight excluding hydrogens is 430 g/mol. The van der Waals surface area contributed by atoms with Gasteiger partial charge in [-0.25, -0.2) is 4.79 Å². The third-order valence-electron chi connectivity index (χ3n) is 4.59. The van der Waals surface area contributed by atoms with E-state index in [1.165, 1.54) is 6.21 Å². The van der Waals surface area contributed by atoms with Crippen LogP contribution in [-0.4, -0.2) is 39.6 Å². The van der Waals surface area contributed by atoms with Gasteiger partial charge in [0, 0.05) is 0 Å². The number of fused-ring (bicyclic) bond motifs is 1. The molecule has 8 nitrogen and oxygen atoms in total. The normalized spacial score (nSPS) is 17.1. The fraction of sp³-hybridized carbons (Fsp3) is 0.0870. The van der Waals surface area contributed by atoms with E-state index in [1.54, 1.807) is 30.3 Å². The van der Waals surface area contributed by atoms with E-state index in [9.17, 15) is 14.4 Å². The third-order valence-corrected chi connectivity index (χ3v) is 5.66. The molecule has 1 amide bonds. The molecule has 32 heavy (non-hydrogen) atoms. The molecule has 1 fully saturated rings. The summed E-state index contributed by atoms with van der Waals surface area (Å²) in [5.41, 5.74) is 1.19. The van der Waals surface area contributed by atoms with Crippen LogP contribution in [0.25, 0.3) is 10.8 Å². The predicted octanol–water partition coefficient (Wildman–Crippen LogP) is 3.46. The van der Waals surface area contributed by atoms with Crippen molar-refractivity contribution < 1.29 is 24.2 Å². The van der Waals surface area contributed by atoms with Crippen LogP contribution in [0.5, 0.6) is 5.75 Å². The monoisotopic (exact) mass is 447 g/mol. The van der Waals surface area contributed by atoms with Gasteiger partial charge in [0.1, 0.15) is 11.0 Å². The van der Waals surface area contributed by atoms with Crippen molar-refractivity contribution in [1.29, 1.82) is 0 Å². The summed E-state index contributed by atoms with van der Waals surface area (Å²) < 4.78 is 5.49. The fourth-order valence-electron chi connectivity index (χ4n) is 3.08. The summed E-state index contributed by atoms with van der Waals surface area (Å²) in [6.45, 7) is 0. The van der Waals surface area contributed by atoms with Crippen molar-refractivity contribution in [2.75, 3.05) is 0 Å². The van der Waals surface area contributed by atoms with Crippen LogP contribution in [0.15, 0.2) is 76.9 Å². The average molecular weight is 447 g/mol. The summed E-state index contributed by atoms with van der Waals surface area (Å²) >= 11 is 1.03. The number of carboxylic acid groups (broad SMARTS) is 1. The lowest BCUT2D eigenvalue weighted by atomic mass is 10.0. The first-order chi connectivity index (χ1) is 15.5. The summed E-state index contributed by atoms with van der Waals surface area (Å²) in [5, 5.41) is 20.4. The summed E-state index contributed by atoms with van der Waals surface area (Å²) in [7, 11) is 0. The number of hydrogen-bond acceptors (Lipinski definition) is 7. The number of benzene rings is 3. The molecule has 4 rings (SSSR count). The topological polar surface area (TPSA) is 117 Å². The smallest absolute Gasteiger partial charge is 0.344 e. The maximum absolute atomic E-state index is 12.6. The molecule has 0 bridgehead atoms. The highest BCUT2D eigenvalue weighted by atomic mass is 32.2. The molecule has 160 valence electrons. The summed E-state index contributed by atoms with van der Waals surface area (Å²) in [5.74, 6) is -1.51. The van der Waals surface area contributed by atoms with E-state index in [0.29, 0.717) is 16.9 Å². The Hall–Kier alpha value is -3.98. The van der Waals surface area contributed by atoms with Gasteiger partial charge in [0.25, 0.3) is 0 Å². The van der Waals surface area contributed by atoms with Crippen molar-refractivity contribution in [3.63, 3.8) is 0 Å². The highest BCUT2D eigenvalue weighted by molar-refractivity contribution is 8.15. The van der Waals surface area contributed by atoms with Gasteiger partial charge in [0.15, 0.2) is 5.17 Å². The number of nitrogens with zero attached hydrogens (tertiary/aromatic N) is 2. The number of esters is 1. The SMILES string of the molecule is O=C(O)C[C@@H]1S/C(=N\N=C/c2ccc(OC(=O)c3cccc4ccccc34)cc2)NC1=O. The zero-order valence-electron chi connectivity index (χ0n) is 16.6. The summed E-state index contributed by atoms with van der Waals surface area (Å²) in [4.78, 5) is 35.0. The predicted molar refractivity (Wildman–Crippen MR) is 122 cm³/mol. The zero-order chi connectivity index (χ0) is 22.5. The molecule has 1 saturated heterocycles. The molecule has 0 radical (unpaired) electrons. The fourth-order valence-corrected chi connectivity index (χ4v) is 4.00. The Kier molecular flexibility index (Phi) is 6.27. The minimum atomic E-state index is -1.05. The molecule has 0 saturated carbocycles. The van der Waals surface area contributed by atoms with Crippen LogP contribution < -0.4 is 10.1 Å². The van der Waals surface area contributed by atoms with Gasteiger partial charge in [-0.3, -0.25) is 9.59 Å². The molecule has 1 atom stereocenters. The van der Waals surface area contributed by atoms with Crippen molar-refractivity contribution in [1.82, 2.24) is 5.32 Å². The molecule has 0 unspecified atom stereocenters. The number of carboxylic acids is 1. The molecule has 3 aromatic rings. The van der Waals surface area contributed by atoms with E-state index in [2.05, 4.69) is 15.5 Å². The second kappa shape index (κ2) is 9.44. The van der Waals surface area contributed by atoms with Gasteiger partial charge >= 0.3 is 11.9 Å². The number of nitrogens with one attached hydrogen (secondary N) is 1. The van der Waals surface area contributed by atoms with E-state index in [4.69, 9.17) is 9.84 Å². The van der Waals surface area contributed by atoms with Crippen molar-refractivity contribution in [2.45, 2.75) is 11.7 Å². The largest absolute Gasteiger partial charge is 0.481 e. The van der Waals surface area contributed by atoms with Crippen LogP contribution in [0.3, 0.4) is 0 Å².